The third kappa shape index (κ3) is 3.69. The molecule has 0 bridgehead atoms. The van der Waals surface area contributed by atoms with Crippen LogP contribution in [0.2, 0.25) is 0 Å². The Kier molecular flexibility index (Phi) is 4.77. The Labute approximate surface area is 170 Å². The van der Waals surface area contributed by atoms with E-state index in [9.17, 15) is 9.59 Å². The van der Waals surface area contributed by atoms with E-state index in [4.69, 9.17) is 4.74 Å². The van der Waals surface area contributed by atoms with Gasteiger partial charge in [0.1, 0.15) is 11.5 Å². The lowest BCUT2D eigenvalue weighted by molar-refractivity contribution is -0.119. The first-order valence-electron chi connectivity index (χ1n) is 9.45. The van der Waals surface area contributed by atoms with E-state index in [1.807, 2.05) is 18.2 Å². The molecule has 0 saturated heterocycles. The van der Waals surface area contributed by atoms with Gasteiger partial charge in [-0.25, -0.2) is 4.90 Å². The van der Waals surface area contributed by atoms with Crippen molar-refractivity contribution in [2.24, 2.45) is 0 Å². The second-order valence-electron chi connectivity index (χ2n) is 7.46. The van der Waals surface area contributed by atoms with E-state index >= 15 is 0 Å². The summed E-state index contributed by atoms with van der Waals surface area (Å²) in [4.78, 5) is 24.7. The van der Waals surface area contributed by atoms with Gasteiger partial charge in [-0.3, -0.25) is 9.59 Å². The number of carbonyl (C=O) groups is 2. The minimum Gasteiger partial charge on any atom is -0.457 e. The van der Waals surface area contributed by atoms with Crippen LogP contribution in [-0.4, -0.2) is 11.8 Å². The SMILES string of the molecule is CC(C)(c1ccccc1)c1ccc(Oc2ccc(N3C(=O)C=CC3=O)cc2)cc1. The lowest BCUT2D eigenvalue weighted by Crippen LogP contribution is -2.29. The van der Waals surface area contributed by atoms with E-state index in [1.165, 1.54) is 23.3 Å². The quantitative estimate of drug-likeness (QED) is 0.567. The molecule has 4 nitrogen and oxygen atoms in total. The van der Waals surface area contributed by atoms with Gasteiger partial charge in [0.15, 0.2) is 0 Å². The molecule has 0 fully saturated rings. The van der Waals surface area contributed by atoms with Crippen LogP contribution in [0.4, 0.5) is 5.69 Å². The van der Waals surface area contributed by atoms with Crippen molar-refractivity contribution in [1.82, 2.24) is 0 Å². The molecule has 2 amide bonds. The van der Waals surface area contributed by atoms with E-state index < -0.39 is 0 Å². The number of hydrogen-bond donors (Lipinski definition) is 0. The van der Waals surface area contributed by atoms with Gasteiger partial charge in [0, 0.05) is 17.6 Å². The van der Waals surface area contributed by atoms with Crippen LogP contribution in [-0.2, 0) is 15.0 Å². The minimum absolute atomic E-state index is 0.107. The zero-order valence-corrected chi connectivity index (χ0v) is 16.3. The molecule has 0 radical (unpaired) electrons. The predicted molar refractivity (Wildman–Crippen MR) is 113 cm³/mol. The van der Waals surface area contributed by atoms with Crippen molar-refractivity contribution in [3.8, 4) is 11.5 Å². The summed E-state index contributed by atoms with van der Waals surface area (Å²) in [6, 6.07) is 25.3. The molecular weight excluding hydrogens is 362 g/mol. The minimum atomic E-state index is -0.333. The molecule has 1 aliphatic rings. The molecule has 29 heavy (non-hydrogen) atoms. The summed E-state index contributed by atoms with van der Waals surface area (Å²) in [6.07, 6.45) is 2.54. The lowest BCUT2D eigenvalue weighted by Gasteiger charge is -2.26. The van der Waals surface area contributed by atoms with Crippen LogP contribution >= 0.6 is 0 Å². The summed E-state index contributed by atoms with van der Waals surface area (Å²) in [6.45, 7) is 4.40. The monoisotopic (exact) mass is 383 g/mol. The van der Waals surface area contributed by atoms with Crippen molar-refractivity contribution in [2.75, 3.05) is 4.90 Å². The molecule has 0 saturated carbocycles. The number of imide groups is 1. The first-order valence-corrected chi connectivity index (χ1v) is 9.45. The van der Waals surface area contributed by atoms with Crippen LogP contribution in [0.3, 0.4) is 0 Å². The highest BCUT2D eigenvalue weighted by Gasteiger charge is 2.25. The van der Waals surface area contributed by atoms with Crippen LogP contribution < -0.4 is 9.64 Å². The summed E-state index contributed by atoms with van der Waals surface area (Å²) in [5.41, 5.74) is 2.87. The van der Waals surface area contributed by atoms with Crippen molar-refractivity contribution in [1.29, 1.82) is 0 Å². The number of hydrogen-bond acceptors (Lipinski definition) is 3. The highest BCUT2D eigenvalue weighted by Crippen LogP contribution is 2.33. The summed E-state index contributed by atoms with van der Waals surface area (Å²) in [5, 5.41) is 0. The van der Waals surface area contributed by atoms with E-state index in [1.54, 1.807) is 24.3 Å². The fourth-order valence-electron chi connectivity index (χ4n) is 3.42. The highest BCUT2D eigenvalue weighted by atomic mass is 16.5. The predicted octanol–water partition coefficient (Wildman–Crippen LogP) is 5.23. The molecule has 0 aliphatic carbocycles. The van der Waals surface area contributed by atoms with Gasteiger partial charge in [-0.05, 0) is 47.5 Å². The molecule has 144 valence electrons. The summed E-state index contributed by atoms with van der Waals surface area (Å²) < 4.78 is 5.92. The number of benzene rings is 3. The number of nitrogens with zero attached hydrogens (tertiary/aromatic N) is 1. The fourth-order valence-corrected chi connectivity index (χ4v) is 3.42. The van der Waals surface area contributed by atoms with Gasteiger partial charge < -0.3 is 4.74 Å². The maximum Gasteiger partial charge on any atom is 0.258 e. The van der Waals surface area contributed by atoms with Crippen LogP contribution in [0.5, 0.6) is 11.5 Å². The maximum absolute atomic E-state index is 11.8. The van der Waals surface area contributed by atoms with Gasteiger partial charge in [-0.2, -0.15) is 0 Å². The van der Waals surface area contributed by atoms with Gasteiger partial charge >= 0.3 is 0 Å². The molecule has 0 atom stereocenters. The molecule has 0 unspecified atom stereocenters. The average Bonchev–Trinajstić information content (AvgIpc) is 3.08. The third-order valence-electron chi connectivity index (χ3n) is 5.21. The van der Waals surface area contributed by atoms with Gasteiger partial charge in [-0.15, -0.1) is 0 Å². The number of rotatable bonds is 5. The average molecular weight is 383 g/mol. The van der Waals surface area contributed by atoms with Gasteiger partial charge in [-0.1, -0.05) is 56.3 Å². The molecule has 3 aromatic rings. The summed E-state index contributed by atoms with van der Waals surface area (Å²) in [5.74, 6) is 0.691. The van der Waals surface area contributed by atoms with E-state index in [0.717, 1.165) is 10.6 Å². The van der Waals surface area contributed by atoms with E-state index in [-0.39, 0.29) is 17.2 Å². The van der Waals surface area contributed by atoms with Crippen molar-refractivity contribution < 1.29 is 14.3 Å². The summed E-state index contributed by atoms with van der Waals surface area (Å²) in [7, 11) is 0. The van der Waals surface area contributed by atoms with E-state index in [2.05, 4.69) is 50.2 Å². The van der Waals surface area contributed by atoms with E-state index in [0.29, 0.717) is 11.4 Å². The zero-order valence-electron chi connectivity index (χ0n) is 16.3. The smallest absolute Gasteiger partial charge is 0.258 e. The number of carbonyl (C=O) groups excluding carboxylic acids is 2. The Bertz CT molecular complexity index is 1050. The number of amides is 2. The van der Waals surface area contributed by atoms with Gasteiger partial charge in [0.25, 0.3) is 11.8 Å². The molecule has 1 aliphatic heterocycles. The molecule has 3 aromatic carbocycles. The van der Waals surface area contributed by atoms with Crippen LogP contribution in [0.1, 0.15) is 25.0 Å². The van der Waals surface area contributed by atoms with Crippen molar-refractivity contribution in [3.05, 3.63) is 102 Å². The molecule has 0 N–H and O–H groups in total. The van der Waals surface area contributed by atoms with Crippen LogP contribution in [0.25, 0.3) is 0 Å². The van der Waals surface area contributed by atoms with Crippen molar-refractivity contribution >= 4 is 17.5 Å². The van der Waals surface area contributed by atoms with Gasteiger partial charge in [0.2, 0.25) is 0 Å². The highest BCUT2D eigenvalue weighted by molar-refractivity contribution is 6.28. The molecular formula is C25H21NO3. The second kappa shape index (κ2) is 7.40. The topological polar surface area (TPSA) is 46.6 Å². The molecule has 4 heteroatoms. The molecule has 0 aromatic heterocycles. The number of anilines is 1. The Balaban J connectivity index is 1.48. The largest absolute Gasteiger partial charge is 0.457 e. The zero-order chi connectivity index (χ0) is 20.4. The van der Waals surface area contributed by atoms with Crippen LogP contribution in [0.15, 0.2) is 91.0 Å². The standard InChI is InChI=1S/C25H21NO3/c1-25(2,18-6-4-3-5-7-18)19-8-12-21(13-9-19)29-22-14-10-20(11-15-22)26-23(27)16-17-24(26)28/h3-17H,1-2H3. The molecule has 4 rings (SSSR count). The first-order chi connectivity index (χ1) is 13.9. The van der Waals surface area contributed by atoms with Crippen molar-refractivity contribution in [3.63, 3.8) is 0 Å². The normalized spacial score (nSPS) is 13.8. The Morgan fingerprint density at radius 3 is 1.69 bits per heavy atom. The molecule has 1 heterocycles. The Morgan fingerprint density at radius 2 is 1.14 bits per heavy atom. The van der Waals surface area contributed by atoms with Crippen molar-refractivity contribution in [2.45, 2.75) is 19.3 Å². The Hall–Kier alpha value is -3.66. The fraction of sp³-hybridized carbons (Fsp3) is 0.120. The Morgan fingerprint density at radius 1 is 0.655 bits per heavy atom. The van der Waals surface area contributed by atoms with Gasteiger partial charge in [0.05, 0.1) is 5.69 Å². The third-order valence-corrected chi connectivity index (χ3v) is 5.21. The lowest BCUT2D eigenvalue weighted by atomic mass is 9.78. The number of ether oxygens (including phenoxy) is 1. The molecule has 0 spiro atoms. The first kappa shape index (κ1) is 18.7. The second-order valence-corrected chi connectivity index (χ2v) is 7.46. The maximum atomic E-state index is 11.8. The van der Waals surface area contributed by atoms with Crippen LogP contribution in [0, 0.1) is 0 Å². The summed E-state index contributed by atoms with van der Waals surface area (Å²) >= 11 is 0.